The number of carbonyl (C=O) groups excluding carboxylic acids is 1. The van der Waals surface area contributed by atoms with Crippen LogP contribution in [0.15, 0.2) is 92.0 Å². The number of ether oxygens (including phenoxy) is 7. The Balaban J connectivity index is 0.000000160. The number of nitrogens with two attached hydrogens (primary N) is 2. The number of nitrogen functional groups attached to an aromatic ring is 2. The highest BCUT2D eigenvalue weighted by atomic mass is 32.2. The van der Waals surface area contributed by atoms with Crippen LogP contribution < -0.4 is 45.1 Å². The molecule has 3 saturated heterocycles. The molecule has 34 heteroatoms. The molecule has 550 valence electrons. The van der Waals surface area contributed by atoms with E-state index in [2.05, 4.69) is 85.6 Å². The number of rotatable bonds is 19. The Morgan fingerprint density at radius 2 is 0.824 bits per heavy atom. The van der Waals surface area contributed by atoms with Crippen molar-refractivity contribution in [1.82, 2.24) is 44.9 Å². The molecular weight excluding hydrogens is 1380 g/mol. The van der Waals surface area contributed by atoms with Crippen molar-refractivity contribution in [3.05, 3.63) is 90.1 Å². The molecule has 9 heterocycles. The SMILES string of the molecule is COc1cc(-c2nc(N=[S@@](C)(=O)C3CC3)cc(N3CCOC[C@H]3C)n2)cc(N)n1.COc1cc(-c2nc(N=[S@](C)(=O)C3CC3)cc(N3CCOC[C@H]3C)n2)cc(N)n1.COc1ccc(CCc2cc(-c3nc(N=S(C)(=O)C4CC4)cc(N4CCOC[C@H]4C)n3)cc(OC)n2)cc1.O=CC(F)(F)F. The van der Waals surface area contributed by atoms with Gasteiger partial charge in [-0.05, 0) is 108 Å². The van der Waals surface area contributed by atoms with Gasteiger partial charge in [-0.1, -0.05) is 12.1 Å². The maximum atomic E-state index is 13.2. The van der Waals surface area contributed by atoms with Crippen LogP contribution in [0.4, 0.5) is 59.7 Å². The summed E-state index contributed by atoms with van der Waals surface area (Å²) in [6.07, 6.45) is 6.66. The van der Waals surface area contributed by atoms with Crippen LogP contribution in [0.3, 0.4) is 0 Å². The second kappa shape index (κ2) is 33.2. The van der Waals surface area contributed by atoms with Gasteiger partial charge in [0.15, 0.2) is 34.9 Å². The zero-order valence-corrected chi connectivity index (χ0v) is 61.2. The van der Waals surface area contributed by atoms with E-state index < -0.39 is 41.6 Å². The minimum atomic E-state index is -4.64. The van der Waals surface area contributed by atoms with Gasteiger partial charge >= 0.3 is 6.18 Å². The van der Waals surface area contributed by atoms with E-state index in [1.165, 1.54) is 19.8 Å². The first-order valence-electron chi connectivity index (χ1n) is 33.3. The van der Waals surface area contributed by atoms with Crippen molar-refractivity contribution in [3.8, 4) is 57.6 Å². The molecule has 6 atom stereocenters. The van der Waals surface area contributed by atoms with Gasteiger partial charge in [-0.2, -0.15) is 36.2 Å². The molecule has 3 aliphatic carbocycles. The van der Waals surface area contributed by atoms with Crippen LogP contribution in [0, 0.1) is 0 Å². The second-order valence-electron chi connectivity index (χ2n) is 25.6. The molecule has 3 saturated carbocycles. The van der Waals surface area contributed by atoms with Crippen LogP contribution in [-0.4, -0.2) is 210 Å². The predicted octanol–water partition coefficient (Wildman–Crippen LogP) is 9.70. The van der Waals surface area contributed by atoms with Crippen molar-refractivity contribution in [1.29, 1.82) is 0 Å². The van der Waals surface area contributed by atoms with E-state index >= 15 is 0 Å². The highest BCUT2D eigenvalue weighted by Gasteiger charge is 2.34. The van der Waals surface area contributed by atoms with Crippen LogP contribution in [0.2, 0.25) is 0 Å². The first kappa shape index (κ1) is 76.0. The number of alkyl halides is 3. The number of hydrogen-bond donors (Lipinski definition) is 2. The van der Waals surface area contributed by atoms with E-state index in [9.17, 15) is 25.8 Å². The zero-order chi connectivity index (χ0) is 73.1. The van der Waals surface area contributed by atoms with Gasteiger partial charge in [-0.15, -0.1) is 0 Å². The molecule has 1 unspecified atom stereocenters. The molecule has 0 spiro atoms. The lowest BCUT2D eigenvalue weighted by Gasteiger charge is -2.34. The molecule has 6 aromatic heterocycles. The van der Waals surface area contributed by atoms with Crippen LogP contribution in [-0.2, 0) is 61.0 Å². The summed E-state index contributed by atoms with van der Waals surface area (Å²) in [6, 6.07) is 24.7. The van der Waals surface area contributed by atoms with Crippen LogP contribution >= 0.6 is 0 Å². The van der Waals surface area contributed by atoms with Gasteiger partial charge in [0, 0.05) is 113 Å². The normalized spacial score (nSPS) is 20.0. The molecule has 0 amide bonds. The number of aryl methyl sites for hydroxylation is 2. The number of anilines is 5. The standard InChI is InChI=1S/C28H35N5O4S.2C19H26N6O3S.C2HF3O/c1-19-18-37-14-13-33(19)26-17-25(32-38(4,34)24-11-12-24)30-28(31-26)21-15-22(29-27(16-21)36-3)8-5-20-6-9-23(35-2)10-7-20;2*1-12-11-28-7-6-25(12)17-10-16(24-29(3,26)14-4-5-14)22-19(23-17)13-8-15(20)21-18(9-13)27-2;3-2(4,5)1-6/h6-7,9-10,15-17,19,24H,5,8,11-14,18H2,1-4H3;2*8-10,12,14H,4-7,11H2,1-3H3,(H2,20,21);1H/t19-,38?;12-,29+;12-,29-;/m111./s1. The number of pyridine rings is 3. The summed E-state index contributed by atoms with van der Waals surface area (Å²) in [5.41, 5.74) is 16.0. The summed E-state index contributed by atoms with van der Waals surface area (Å²) in [4.78, 5) is 56.5. The molecule has 6 aliphatic rings. The van der Waals surface area contributed by atoms with E-state index in [-0.39, 0.29) is 33.9 Å². The van der Waals surface area contributed by atoms with E-state index in [0.29, 0.717) is 135 Å². The van der Waals surface area contributed by atoms with Crippen molar-refractivity contribution >= 4 is 82.0 Å². The van der Waals surface area contributed by atoms with Gasteiger partial charge in [0.1, 0.15) is 34.8 Å². The smallest absolute Gasteiger partial charge is 0.446 e. The van der Waals surface area contributed by atoms with E-state index in [0.717, 1.165) is 85.8 Å². The Morgan fingerprint density at radius 3 is 1.13 bits per heavy atom. The summed E-state index contributed by atoms with van der Waals surface area (Å²) in [6.45, 7) is 12.1. The summed E-state index contributed by atoms with van der Waals surface area (Å²) >= 11 is 0. The predicted molar refractivity (Wildman–Crippen MR) is 387 cm³/mol. The fourth-order valence-electron chi connectivity index (χ4n) is 11.2. The third-order valence-corrected chi connectivity index (χ3v) is 24.0. The quantitative estimate of drug-likeness (QED) is 0.0711. The second-order valence-corrected chi connectivity index (χ2v) is 33.3. The van der Waals surface area contributed by atoms with Crippen LogP contribution in [0.1, 0.15) is 70.6 Å². The highest BCUT2D eigenvalue weighted by Crippen LogP contribution is 2.38. The molecule has 28 nitrogen and oxygen atoms in total. The number of carbonyl (C=O) groups is 1. The van der Waals surface area contributed by atoms with Crippen molar-refractivity contribution in [2.75, 3.05) is 133 Å². The topological polar surface area (TPSA) is 348 Å². The number of methoxy groups -OCH3 is 4. The maximum absolute atomic E-state index is 13.2. The zero-order valence-electron chi connectivity index (χ0n) is 58.8. The molecule has 102 heavy (non-hydrogen) atoms. The number of halogens is 3. The van der Waals surface area contributed by atoms with Gasteiger partial charge in [-0.25, -0.2) is 47.5 Å². The monoisotopic (exact) mass is 1470 g/mol. The molecule has 13 rings (SSSR count). The minimum absolute atomic E-state index is 0.136. The van der Waals surface area contributed by atoms with Crippen LogP contribution in [0.25, 0.3) is 34.2 Å². The first-order chi connectivity index (χ1) is 48.6. The molecular formula is C68H88F3N17O11S3. The van der Waals surface area contributed by atoms with Crippen molar-refractivity contribution in [2.24, 2.45) is 13.1 Å². The number of morpholine rings is 3. The lowest BCUT2D eigenvalue weighted by Crippen LogP contribution is -2.44. The number of aromatic nitrogens is 9. The van der Waals surface area contributed by atoms with Crippen molar-refractivity contribution < 1.29 is 63.8 Å². The molecule has 6 fully saturated rings. The third kappa shape index (κ3) is 21.0. The van der Waals surface area contributed by atoms with Gasteiger partial charge < -0.3 is 59.3 Å². The molecule has 4 N–H and O–H groups in total. The minimum Gasteiger partial charge on any atom is -0.497 e. The average Bonchev–Trinajstić information content (AvgIpc) is 1.29. The Labute approximate surface area is 593 Å². The Morgan fingerprint density at radius 1 is 0.490 bits per heavy atom. The largest absolute Gasteiger partial charge is 0.497 e. The molecule has 3 aliphatic heterocycles. The number of aldehydes is 1. The number of nitrogens with zero attached hydrogens (tertiary/aromatic N) is 15. The van der Waals surface area contributed by atoms with Crippen molar-refractivity contribution in [2.45, 2.75) is 112 Å². The lowest BCUT2D eigenvalue weighted by molar-refractivity contribution is -0.156. The third-order valence-electron chi connectivity index (χ3n) is 17.2. The summed E-state index contributed by atoms with van der Waals surface area (Å²) < 4.78 is 122. The average molecular weight is 1470 g/mol. The van der Waals surface area contributed by atoms with Gasteiger partial charge in [0.05, 0.1) is 115 Å². The maximum Gasteiger partial charge on any atom is 0.446 e. The Bertz CT molecular complexity index is 4340. The Kier molecular flexibility index (Phi) is 24.7. The van der Waals surface area contributed by atoms with Gasteiger partial charge in [0.2, 0.25) is 23.9 Å². The summed E-state index contributed by atoms with van der Waals surface area (Å²) in [5, 5.41) is 0.420. The summed E-state index contributed by atoms with van der Waals surface area (Å²) in [7, 11) is -0.726. The van der Waals surface area contributed by atoms with Gasteiger partial charge in [0.25, 0.3) is 0 Å². The summed E-state index contributed by atoms with van der Waals surface area (Å²) in [5.74, 6) is 7.59. The molecule has 1 aromatic carbocycles. The number of hydrogen-bond acceptors (Lipinski definition) is 28. The van der Waals surface area contributed by atoms with Crippen molar-refractivity contribution in [3.63, 3.8) is 0 Å². The van der Waals surface area contributed by atoms with E-state index in [1.807, 2.05) is 30.3 Å². The van der Waals surface area contributed by atoms with Gasteiger partial charge in [-0.3, -0.25) is 4.79 Å². The first-order valence-corrected chi connectivity index (χ1v) is 39.3. The molecule has 0 bridgehead atoms. The fourth-order valence-corrected chi connectivity index (χ4v) is 16.1. The van der Waals surface area contributed by atoms with E-state index in [1.54, 1.807) is 69.4 Å². The molecule has 0 radical (unpaired) electrons. The van der Waals surface area contributed by atoms with Crippen LogP contribution in [0.5, 0.6) is 23.4 Å². The number of benzene rings is 1. The van der Waals surface area contributed by atoms with E-state index in [4.69, 9.17) is 69.4 Å². The Hall–Kier alpha value is -8.70. The fraction of sp³-hybridized carbons (Fsp3) is 0.500. The highest BCUT2D eigenvalue weighted by molar-refractivity contribution is 7.94. The molecule has 7 aromatic rings. The lowest BCUT2D eigenvalue weighted by atomic mass is 10.1.